The van der Waals surface area contributed by atoms with Gasteiger partial charge in [0, 0.05) is 39.1 Å². The van der Waals surface area contributed by atoms with E-state index >= 15 is 0 Å². The van der Waals surface area contributed by atoms with Gasteiger partial charge in [0.1, 0.15) is 0 Å². The van der Waals surface area contributed by atoms with E-state index in [1.807, 2.05) is 7.05 Å². The summed E-state index contributed by atoms with van der Waals surface area (Å²) in [6.45, 7) is 2.85. The average molecular weight is 254 g/mol. The zero-order valence-electron chi connectivity index (χ0n) is 10.6. The first-order valence-corrected chi connectivity index (χ1v) is 5.60. The van der Waals surface area contributed by atoms with E-state index in [0.717, 1.165) is 13.1 Å². The van der Waals surface area contributed by atoms with Gasteiger partial charge in [-0.25, -0.2) is 14.8 Å². The van der Waals surface area contributed by atoms with Crippen LogP contribution in [0.25, 0.3) is 0 Å². The summed E-state index contributed by atoms with van der Waals surface area (Å²) in [5.74, 6) is -0.788. The predicted octanol–water partition coefficient (Wildman–Crippen LogP) is 0.165. The van der Waals surface area contributed by atoms with Crippen molar-refractivity contribution in [2.24, 2.45) is 0 Å². The first-order valence-electron chi connectivity index (χ1n) is 5.60. The van der Waals surface area contributed by atoms with Crippen LogP contribution in [0.15, 0.2) is 12.4 Å². The predicted molar refractivity (Wildman–Crippen MR) is 66.9 cm³/mol. The molecule has 0 saturated heterocycles. The van der Waals surface area contributed by atoms with Gasteiger partial charge in [0.2, 0.25) is 0 Å². The van der Waals surface area contributed by atoms with E-state index < -0.39 is 5.97 Å². The number of carboxylic acids is 1. The minimum absolute atomic E-state index is 0.0583. The largest absolute Gasteiger partial charge is 0.476 e. The number of aromatic nitrogens is 2. The van der Waals surface area contributed by atoms with Crippen molar-refractivity contribution in [2.75, 3.05) is 45.7 Å². The summed E-state index contributed by atoms with van der Waals surface area (Å²) in [6, 6.07) is 0. The van der Waals surface area contributed by atoms with E-state index in [2.05, 4.69) is 20.2 Å². The normalized spacial score (nSPS) is 10.6. The maximum atomic E-state index is 10.9. The van der Waals surface area contributed by atoms with Gasteiger partial charge in [-0.05, 0) is 7.05 Å². The van der Waals surface area contributed by atoms with E-state index in [-0.39, 0.29) is 5.69 Å². The second kappa shape index (κ2) is 7.57. The molecular formula is C11H18N4O3. The van der Waals surface area contributed by atoms with Crippen molar-refractivity contribution in [3.8, 4) is 0 Å². The number of carbonyl (C=O) groups is 1. The zero-order chi connectivity index (χ0) is 13.4. The summed E-state index contributed by atoms with van der Waals surface area (Å²) in [4.78, 5) is 20.7. The molecule has 7 heteroatoms. The molecule has 1 heterocycles. The molecule has 1 rings (SSSR count). The lowest BCUT2D eigenvalue weighted by molar-refractivity contribution is 0.0691. The fourth-order valence-corrected chi connectivity index (χ4v) is 1.35. The van der Waals surface area contributed by atoms with E-state index in [0.29, 0.717) is 19.0 Å². The van der Waals surface area contributed by atoms with E-state index in [9.17, 15) is 4.79 Å². The quantitative estimate of drug-likeness (QED) is 0.683. The second-order valence-electron chi connectivity index (χ2n) is 3.78. The number of anilines is 1. The number of ether oxygens (including phenoxy) is 1. The molecule has 0 bridgehead atoms. The Kier molecular flexibility index (Phi) is 6.03. The Bertz CT molecular complexity index is 386. The van der Waals surface area contributed by atoms with E-state index in [1.165, 1.54) is 12.4 Å². The van der Waals surface area contributed by atoms with E-state index in [4.69, 9.17) is 9.84 Å². The number of carboxylic acid groups (broad SMARTS) is 1. The van der Waals surface area contributed by atoms with Crippen LogP contribution >= 0.6 is 0 Å². The molecule has 0 aromatic carbocycles. The van der Waals surface area contributed by atoms with Crippen LogP contribution in [0.1, 0.15) is 10.5 Å². The van der Waals surface area contributed by atoms with Crippen LogP contribution < -0.4 is 5.32 Å². The molecule has 7 nitrogen and oxygen atoms in total. The lowest BCUT2D eigenvalue weighted by Gasteiger charge is -2.16. The summed E-state index contributed by atoms with van der Waals surface area (Å²) in [5, 5.41) is 11.9. The number of likely N-dealkylation sites (N-methyl/N-ethyl adjacent to an activating group) is 1. The Morgan fingerprint density at radius 3 is 2.83 bits per heavy atom. The number of methoxy groups -OCH3 is 1. The van der Waals surface area contributed by atoms with Crippen LogP contribution in [0.3, 0.4) is 0 Å². The molecule has 0 saturated carbocycles. The summed E-state index contributed by atoms with van der Waals surface area (Å²) >= 11 is 0. The highest BCUT2D eigenvalue weighted by Crippen LogP contribution is 2.07. The molecule has 1 aromatic heterocycles. The SMILES string of the molecule is COCCN(C)CCNc1nccnc1C(=O)O. The molecule has 0 atom stereocenters. The lowest BCUT2D eigenvalue weighted by Crippen LogP contribution is -2.28. The van der Waals surface area contributed by atoms with Gasteiger partial charge in [-0.15, -0.1) is 0 Å². The summed E-state index contributed by atoms with van der Waals surface area (Å²) < 4.78 is 4.97. The minimum Gasteiger partial charge on any atom is -0.476 e. The monoisotopic (exact) mass is 254 g/mol. The molecule has 100 valence electrons. The van der Waals surface area contributed by atoms with Crippen LogP contribution in [-0.4, -0.2) is 66.3 Å². The molecule has 0 fully saturated rings. The first kappa shape index (κ1) is 14.3. The number of nitrogens with zero attached hydrogens (tertiary/aromatic N) is 3. The van der Waals surface area contributed by atoms with Crippen LogP contribution in [0.5, 0.6) is 0 Å². The van der Waals surface area contributed by atoms with Gasteiger partial charge in [0.05, 0.1) is 6.61 Å². The highest BCUT2D eigenvalue weighted by Gasteiger charge is 2.11. The molecule has 18 heavy (non-hydrogen) atoms. The van der Waals surface area contributed by atoms with Crippen LogP contribution in [0.2, 0.25) is 0 Å². The van der Waals surface area contributed by atoms with Crippen LogP contribution in [-0.2, 0) is 4.74 Å². The minimum atomic E-state index is -1.08. The summed E-state index contributed by atoms with van der Waals surface area (Å²) in [7, 11) is 3.63. The molecular weight excluding hydrogens is 236 g/mol. The second-order valence-corrected chi connectivity index (χ2v) is 3.78. The standard InChI is InChI=1S/C11H18N4O3/c1-15(7-8-18-2)6-5-14-10-9(11(16)17)12-3-4-13-10/h3-4H,5-8H2,1-2H3,(H,13,14)(H,16,17). The topological polar surface area (TPSA) is 87.6 Å². The molecule has 1 aromatic rings. The van der Waals surface area contributed by atoms with Gasteiger partial charge >= 0.3 is 5.97 Å². The van der Waals surface area contributed by atoms with Crippen molar-refractivity contribution in [3.63, 3.8) is 0 Å². The number of hydrogen-bond acceptors (Lipinski definition) is 6. The van der Waals surface area contributed by atoms with Crippen molar-refractivity contribution < 1.29 is 14.6 Å². The maximum Gasteiger partial charge on any atom is 0.358 e. The van der Waals surface area contributed by atoms with Gasteiger partial charge in [-0.3, -0.25) is 0 Å². The fraction of sp³-hybridized carbons (Fsp3) is 0.545. The van der Waals surface area contributed by atoms with Crippen molar-refractivity contribution in [1.29, 1.82) is 0 Å². The highest BCUT2D eigenvalue weighted by molar-refractivity contribution is 5.90. The van der Waals surface area contributed by atoms with Crippen LogP contribution in [0.4, 0.5) is 5.82 Å². The molecule has 0 aliphatic carbocycles. The Labute approximate surface area is 106 Å². The molecule has 0 spiro atoms. The number of hydrogen-bond donors (Lipinski definition) is 2. The molecule has 2 N–H and O–H groups in total. The average Bonchev–Trinajstić information content (AvgIpc) is 2.36. The van der Waals surface area contributed by atoms with E-state index in [1.54, 1.807) is 7.11 Å². The Balaban J connectivity index is 2.41. The maximum absolute atomic E-state index is 10.9. The molecule has 0 unspecified atom stereocenters. The van der Waals surface area contributed by atoms with Gasteiger partial charge < -0.3 is 20.1 Å². The van der Waals surface area contributed by atoms with Gasteiger partial charge in [0.25, 0.3) is 0 Å². The third kappa shape index (κ3) is 4.64. The number of nitrogens with one attached hydrogen (secondary N) is 1. The third-order valence-electron chi connectivity index (χ3n) is 2.36. The first-order chi connectivity index (χ1) is 8.65. The van der Waals surface area contributed by atoms with Gasteiger partial charge in [-0.2, -0.15) is 0 Å². The van der Waals surface area contributed by atoms with Crippen molar-refractivity contribution in [1.82, 2.24) is 14.9 Å². The zero-order valence-corrected chi connectivity index (χ0v) is 10.6. The molecule has 0 aliphatic heterocycles. The van der Waals surface area contributed by atoms with Crippen molar-refractivity contribution in [3.05, 3.63) is 18.1 Å². The molecule has 0 amide bonds. The Hall–Kier alpha value is -1.73. The van der Waals surface area contributed by atoms with Crippen LogP contribution in [0, 0.1) is 0 Å². The molecule has 0 aliphatic rings. The number of rotatable bonds is 8. The smallest absolute Gasteiger partial charge is 0.358 e. The summed E-state index contributed by atoms with van der Waals surface area (Å²) in [6.07, 6.45) is 2.82. The Morgan fingerprint density at radius 2 is 2.17 bits per heavy atom. The number of aromatic carboxylic acids is 1. The van der Waals surface area contributed by atoms with Crippen molar-refractivity contribution in [2.45, 2.75) is 0 Å². The Morgan fingerprint density at radius 1 is 1.44 bits per heavy atom. The fourth-order valence-electron chi connectivity index (χ4n) is 1.35. The molecule has 0 radical (unpaired) electrons. The van der Waals surface area contributed by atoms with Crippen molar-refractivity contribution >= 4 is 11.8 Å². The van der Waals surface area contributed by atoms with Gasteiger partial charge in [-0.1, -0.05) is 0 Å². The third-order valence-corrected chi connectivity index (χ3v) is 2.36. The highest BCUT2D eigenvalue weighted by atomic mass is 16.5. The summed E-state index contributed by atoms with van der Waals surface area (Å²) in [5.41, 5.74) is -0.0583. The van der Waals surface area contributed by atoms with Gasteiger partial charge in [0.15, 0.2) is 11.5 Å². The lowest BCUT2D eigenvalue weighted by atomic mass is 10.4.